The van der Waals surface area contributed by atoms with E-state index in [0.717, 1.165) is 60.2 Å². The number of nitrogen functional groups attached to an aromatic ring is 1. The van der Waals surface area contributed by atoms with Gasteiger partial charge in [0.2, 0.25) is 5.95 Å². The zero-order chi connectivity index (χ0) is 27.2. The zero-order valence-corrected chi connectivity index (χ0v) is 23.2. The van der Waals surface area contributed by atoms with E-state index in [9.17, 15) is 4.79 Å². The number of fused-ring (bicyclic) bond motifs is 1. The van der Waals surface area contributed by atoms with Gasteiger partial charge in [-0.1, -0.05) is 23.4 Å². The minimum absolute atomic E-state index is 0.0821. The Morgan fingerprint density at radius 3 is 2.82 bits per heavy atom. The van der Waals surface area contributed by atoms with Gasteiger partial charge in [0.05, 0.1) is 30.3 Å². The van der Waals surface area contributed by atoms with Crippen molar-refractivity contribution >= 4 is 34.6 Å². The minimum atomic E-state index is -0.333. The fourth-order valence-corrected chi connectivity index (χ4v) is 5.05. The summed E-state index contributed by atoms with van der Waals surface area (Å²) in [7, 11) is 1.66. The highest BCUT2D eigenvalue weighted by Crippen LogP contribution is 2.29. The van der Waals surface area contributed by atoms with Gasteiger partial charge in [0, 0.05) is 29.9 Å². The number of nitrogens with two attached hydrogens (primary N) is 1. The number of aryl methyl sites for hydroxylation is 1. The van der Waals surface area contributed by atoms with E-state index in [0.29, 0.717) is 30.5 Å². The maximum Gasteiger partial charge on any atom is 0.323 e. The SMILES string of the molecule is COc1c(C)cnc(Cn2cc(C#CCCCN[C@@H](C)C(=O)OC3CCCC3)c3c(Cl)nc(N)nc32)c1C. The van der Waals surface area contributed by atoms with Gasteiger partial charge in [0.25, 0.3) is 0 Å². The summed E-state index contributed by atoms with van der Waals surface area (Å²) in [6, 6.07) is -0.333. The number of aromatic nitrogens is 4. The normalized spacial score (nSPS) is 14.3. The van der Waals surface area contributed by atoms with Crippen molar-refractivity contribution in [3.05, 3.63) is 39.9 Å². The number of pyridine rings is 1. The van der Waals surface area contributed by atoms with Crippen LogP contribution in [0.2, 0.25) is 5.15 Å². The summed E-state index contributed by atoms with van der Waals surface area (Å²) >= 11 is 6.47. The number of ether oxygens (including phenoxy) is 2. The van der Waals surface area contributed by atoms with Crippen LogP contribution in [0.25, 0.3) is 11.0 Å². The summed E-state index contributed by atoms with van der Waals surface area (Å²) in [5, 5.41) is 4.15. The van der Waals surface area contributed by atoms with Gasteiger partial charge in [0.1, 0.15) is 28.7 Å². The van der Waals surface area contributed by atoms with Crippen molar-refractivity contribution in [2.75, 3.05) is 19.4 Å². The van der Waals surface area contributed by atoms with E-state index < -0.39 is 0 Å². The smallest absolute Gasteiger partial charge is 0.323 e. The molecule has 10 heteroatoms. The molecule has 38 heavy (non-hydrogen) atoms. The molecule has 1 fully saturated rings. The Bertz CT molecular complexity index is 1370. The van der Waals surface area contributed by atoms with Gasteiger partial charge in [0.15, 0.2) is 0 Å². The molecule has 1 atom stereocenters. The fraction of sp³-hybridized carbons (Fsp3) is 0.500. The number of nitrogens with one attached hydrogen (secondary N) is 1. The molecule has 202 valence electrons. The molecule has 1 aliphatic rings. The standard InChI is InChI=1S/C28H35ClN6O3/c1-17-14-32-22(18(2)24(17)37-4)16-35-15-20(23-25(29)33-28(30)34-26(23)35)10-6-5-9-13-31-19(3)27(36)38-21-11-7-8-12-21/h14-15,19,21,31H,5,7-9,11-13,16H2,1-4H3,(H2,30,33,34)/t19-/m0/s1. The quantitative estimate of drug-likeness (QED) is 0.179. The lowest BCUT2D eigenvalue weighted by molar-refractivity contribution is -0.150. The van der Waals surface area contributed by atoms with Crippen molar-refractivity contribution in [1.29, 1.82) is 0 Å². The Kier molecular flexibility index (Phi) is 9.08. The summed E-state index contributed by atoms with van der Waals surface area (Å²) in [6.07, 6.45) is 9.45. The average Bonchev–Trinajstić information content (AvgIpc) is 3.51. The van der Waals surface area contributed by atoms with Crippen molar-refractivity contribution in [3.8, 4) is 17.6 Å². The van der Waals surface area contributed by atoms with Gasteiger partial charge in [-0.25, -0.2) is 4.98 Å². The van der Waals surface area contributed by atoms with Crippen LogP contribution in [0.15, 0.2) is 12.4 Å². The number of anilines is 1. The van der Waals surface area contributed by atoms with Crippen LogP contribution in [0.3, 0.4) is 0 Å². The molecular weight excluding hydrogens is 504 g/mol. The number of methoxy groups -OCH3 is 1. The number of hydrogen-bond donors (Lipinski definition) is 2. The lowest BCUT2D eigenvalue weighted by Crippen LogP contribution is -2.37. The Morgan fingerprint density at radius 2 is 2.08 bits per heavy atom. The molecule has 0 spiro atoms. The average molecular weight is 539 g/mol. The van der Waals surface area contributed by atoms with Crippen LogP contribution in [0, 0.1) is 25.7 Å². The van der Waals surface area contributed by atoms with E-state index in [1.54, 1.807) is 13.3 Å². The van der Waals surface area contributed by atoms with Crippen LogP contribution in [-0.2, 0) is 16.1 Å². The summed E-state index contributed by atoms with van der Waals surface area (Å²) in [5.74, 6) is 7.16. The van der Waals surface area contributed by atoms with Gasteiger partial charge in [-0.05, 0) is 59.4 Å². The summed E-state index contributed by atoms with van der Waals surface area (Å²) in [4.78, 5) is 25.4. The molecular formula is C28H35ClN6O3. The van der Waals surface area contributed by atoms with Crippen molar-refractivity contribution < 1.29 is 14.3 Å². The fourth-order valence-electron chi connectivity index (χ4n) is 4.78. The molecule has 0 radical (unpaired) electrons. The van der Waals surface area contributed by atoms with E-state index >= 15 is 0 Å². The maximum absolute atomic E-state index is 12.2. The first-order valence-electron chi connectivity index (χ1n) is 13.0. The molecule has 0 unspecified atom stereocenters. The lowest BCUT2D eigenvalue weighted by Gasteiger charge is -2.16. The van der Waals surface area contributed by atoms with Crippen molar-refractivity contribution in [1.82, 2.24) is 24.8 Å². The Hall–Kier alpha value is -3.35. The van der Waals surface area contributed by atoms with Crippen molar-refractivity contribution in [2.24, 2.45) is 0 Å². The molecule has 9 nitrogen and oxygen atoms in total. The van der Waals surface area contributed by atoms with Gasteiger partial charge < -0.3 is 25.1 Å². The van der Waals surface area contributed by atoms with Crippen molar-refractivity contribution in [2.45, 2.75) is 78.0 Å². The molecule has 0 saturated heterocycles. The second kappa shape index (κ2) is 12.5. The summed E-state index contributed by atoms with van der Waals surface area (Å²) in [5.41, 5.74) is 10.0. The van der Waals surface area contributed by atoms with Gasteiger partial charge in [-0.15, -0.1) is 0 Å². The Morgan fingerprint density at radius 1 is 1.32 bits per heavy atom. The minimum Gasteiger partial charge on any atom is -0.496 e. The van der Waals surface area contributed by atoms with E-state index in [4.69, 9.17) is 26.8 Å². The molecule has 0 amide bonds. The number of hydrogen-bond acceptors (Lipinski definition) is 8. The number of esters is 1. The second-order valence-corrected chi connectivity index (χ2v) is 10.1. The molecule has 3 aromatic heterocycles. The predicted octanol–water partition coefficient (Wildman–Crippen LogP) is 4.33. The molecule has 1 aliphatic carbocycles. The van der Waals surface area contributed by atoms with E-state index in [-0.39, 0.29) is 29.2 Å². The summed E-state index contributed by atoms with van der Waals surface area (Å²) < 4.78 is 13.1. The van der Waals surface area contributed by atoms with Gasteiger partial charge in [-0.3, -0.25) is 9.78 Å². The van der Waals surface area contributed by atoms with E-state index in [1.807, 2.05) is 31.5 Å². The summed E-state index contributed by atoms with van der Waals surface area (Å²) in [6.45, 7) is 6.91. The van der Waals surface area contributed by atoms with Crippen LogP contribution in [0.1, 0.15) is 67.8 Å². The zero-order valence-electron chi connectivity index (χ0n) is 22.4. The number of halogens is 1. The Balaban J connectivity index is 1.43. The van der Waals surface area contributed by atoms with E-state index in [2.05, 4.69) is 32.1 Å². The molecule has 1 saturated carbocycles. The third-order valence-corrected chi connectivity index (χ3v) is 7.12. The molecule has 0 aliphatic heterocycles. The molecule has 0 bridgehead atoms. The molecule has 0 aromatic carbocycles. The largest absolute Gasteiger partial charge is 0.496 e. The van der Waals surface area contributed by atoms with Crippen LogP contribution >= 0.6 is 11.6 Å². The number of carbonyl (C=O) groups is 1. The van der Waals surface area contributed by atoms with Crippen LogP contribution < -0.4 is 15.8 Å². The first-order chi connectivity index (χ1) is 18.3. The molecule has 3 aromatic rings. The number of unbranched alkanes of at least 4 members (excludes halogenated alkanes) is 1. The predicted molar refractivity (Wildman–Crippen MR) is 148 cm³/mol. The third-order valence-electron chi connectivity index (χ3n) is 6.85. The highest BCUT2D eigenvalue weighted by molar-refractivity contribution is 6.34. The molecule has 4 rings (SSSR count). The van der Waals surface area contributed by atoms with Gasteiger partial charge >= 0.3 is 5.97 Å². The highest BCUT2D eigenvalue weighted by atomic mass is 35.5. The first-order valence-corrected chi connectivity index (χ1v) is 13.4. The molecule has 3 heterocycles. The molecule has 3 N–H and O–H groups in total. The van der Waals surface area contributed by atoms with Crippen molar-refractivity contribution in [3.63, 3.8) is 0 Å². The van der Waals surface area contributed by atoms with Crippen LogP contribution in [0.4, 0.5) is 5.95 Å². The maximum atomic E-state index is 12.2. The number of rotatable bonds is 9. The monoisotopic (exact) mass is 538 g/mol. The lowest BCUT2D eigenvalue weighted by atomic mass is 10.1. The number of carbonyl (C=O) groups excluding carboxylic acids is 1. The number of nitrogens with zero attached hydrogens (tertiary/aromatic N) is 4. The van der Waals surface area contributed by atoms with Crippen LogP contribution in [-0.4, -0.2) is 51.3 Å². The van der Waals surface area contributed by atoms with Gasteiger partial charge in [-0.2, -0.15) is 4.98 Å². The third kappa shape index (κ3) is 6.37. The topological polar surface area (TPSA) is 117 Å². The Labute approximate surface area is 228 Å². The van der Waals surface area contributed by atoms with E-state index in [1.165, 1.54) is 0 Å². The highest BCUT2D eigenvalue weighted by Gasteiger charge is 2.22. The van der Waals surface area contributed by atoms with Crippen LogP contribution in [0.5, 0.6) is 5.75 Å². The first kappa shape index (κ1) is 27.7. The second-order valence-electron chi connectivity index (χ2n) is 9.71.